The first-order chi connectivity index (χ1) is 10.5. The molecule has 23 heavy (non-hydrogen) atoms. The zero-order chi connectivity index (χ0) is 17.2. The monoisotopic (exact) mass is 340 g/mol. The molecule has 1 atom stereocenters. The lowest BCUT2D eigenvalue weighted by molar-refractivity contribution is -0.135. The highest BCUT2D eigenvalue weighted by Crippen LogP contribution is 2.49. The van der Waals surface area contributed by atoms with E-state index in [1.165, 1.54) is 11.3 Å². The lowest BCUT2D eigenvalue weighted by atomic mass is 9.86. The van der Waals surface area contributed by atoms with Gasteiger partial charge in [0.25, 0.3) is 5.91 Å². The molecule has 1 saturated carbocycles. The van der Waals surface area contributed by atoms with Crippen LogP contribution in [0.25, 0.3) is 0 Å². The third-order valence-electron chi connectivity index (χ3n) is 4.47. The third-order valence-corrected chi connectivity index (χ3v) is 5.94. The zero-order valence-corrected chi connectivity index (χ0v) is 14.7. The highest BCUT2D eigenvalue weighted by Gasteiger charge is 2.49. The van der Waals surface area contributed by atoms with Gasteiger partial charge in [-0.3, -0.25) is 4.79 Å². The van der Waals surface area contributed by atoms with Crippen molar-refractivity contribution < 1.29 is 19.7 Å². The molecule has 0 bridgehead atoms. The molecule has 1 aliphatic carbocycles. The second-order valence-corrected chi connectivity index (χ2v) is 8.70. The molecule has 2 heterocycles. The van der Waals surface area contributed by atoms with Gasteiger partial charge in [0.1, 0.15) is 10.6 Å². The van der Waals surface area contributed by atoms with Crippen LogP contribution in [0.15, 0.2) is 0 Å². The predicted molar refractivity (Wildman–Crippen MR) is 88.5 cm³/mol. The first-order valence-electron chi connectivity index (χ1n) is 7.78. The molecule has 1 amide bonds. The summed E-state index contributed by atoms with van der Waals surface area (Å²) in [5.74, 6) is -0.534. The number of anilines is 1. The van der Waals surface area contributed by atoms with E-state index in [1.54, 1.807) is 0 Å². The molecular formula is C16H24N2O4S. The first-order valence-corrected chi connectivity index (χ1v) is 8.60. The molecule has 0 spiro atoms. The van der Waals surface area contributed by atoms with E-state index < -0.39 is 28.9 Å². The van der Waals surface area contributed by atoms with Gasteiger partial charge in [-0.2, -0.15) is 0 Å². The van der Waals surface area contributed by atoms with Crippen molar-refractivity contribution in [2.24, 2.45) is 5.73 Å². The molecule has 0 radical (unpaired) electrons. The Bertz CT molecular complexity index is 661. The average molecular weight is 340 g/mol. The number of aliphatic hydroxyl groups is 2. The number of nitrogens with two attached hydrogens (primary N) is 1. The highest BCUT2D eigenvalue weighted by atomic mass is 32.1. The molecule has 6 nitrogen and oxygen atoms in total. The minimum atomic E-state index is -1.11. The van der Waals surface area contributed by atoms with E-state index in [1.807, 2.05) is 27.7 Å². The van der Waals surface area contributed by atoms with Crippen LogP contribution in [0.2, 0.25) is 0 Å². The second kappa shape index (κ2) is 4.92. The Hall–Kier alpha value is -1.15. The number of hydrogen-bond donors (Lipinski definition) is 4. The van der Waals surface area contributed by atoms with Gasteiger partial charge in [-0.1, -0.05) is 0 Å². The van der Waals surface area contributed by atoms with Crippen LogP contribution in [0.3, 0.4) is 0 Å². The van der Waals surface area contributed by atoms with Gasteiger partial charge in [-0.15, -0.1) is 11.3 Å². The fraction of sp³-hybridized carbons (Fsp3) is 0.688. The number of thiophene rings is 1. The molecule has 128 valence electrons. The summed E-state index contributed by atoms with van der Waals surface area (Å²) < 4.78 is 6.14. The van der Waals surface area contributed by atoms with Crippen LogP contribution in [-0.4, -0.2) is 33.6 Å². The van der Waals surface area contributed by atoms with Crippen LogP contribution in [0.4, 0.5) is 5.00 Å². The van der Waals surface area contributed by atoms with Crippen LogP contribution in [-0.2, 0) is 16.8 Å². The molecule has 3 rings (SSSR count). The van der Waals surface area contributed by atoms with E-state index in [9.17, 15) is 15.0 Å². The molecule has 1 unspecified atom stereocenters. The number of aliphatic hydroxyl groups excluding tert-OH is 1. The smallest absolute Gasteiger partial charge is 0.251 e. The number of hydrogen-bond acceptors (Lipinski definition) is 6. The molecule has 1 aliphatic heterocycles. The van der Waals surface area contributed by atoms with E-state index in [2.05, 4.69) is 5.32 Å². The van der Waals surface area contributed by atoms with E-state index in [0.29, 0.717) is 29.8 Å². The summed E-state index contributed by atoms with van der Waals surface area (Å²) in [6.07, 6.45) is 0.542. The Kier molecular flexibility index (Phi) is 3.57. The second-order valence-electron chi connectivity index (χ2n) is 7.68. The van der Waals surface area contributed by atoms with E-state index in [0.717, 1.165) is 10.4 Å². The van der Waals surface area contributed by atoms with E-state index >= 15 is 0 Å². The van der Waals surface area contributed by atoms with Crippen LogP contribution >= 0.6 is 11.3 Å². The van der Waals surface area contributed by atoms with Crippen molar-refractivity contribution in [2.75, 3.05) is 5.32 Å². The van der Waals surface area contributed by atoms with Gasteiger partial charge in [0.05, 0.1) is 16.8 Å². The normalized spacial score (nSPS) is 24.6. The number of carbonyl (C=O) groups is 1. The quantitative estimate of drug-likeness (QED) is 0.624. The molecule has 5 N–H and O–H groups in total. The molecule has 0 saturated heterocycles. The Balaban J connectivity index is 2.05. The maximum atomic E-state index is 12.0. The molecule has 7 heteroatoms. The van der Waals surface area contributed by atoms with Crippen molar-refractivity contribution in [2.45, 2.75) is 70.0 Å². The minimum Gasteiger partial charge on any atom is -0.385 e. The SMILES string of the molecule is CC1(C)Cc2c(sc(NC(O)C3(O)CC3)c2C(N)=O)C(C)(C)O1. The minimum absolute atomic E-state index is 0.401. The lowest BCUT2D eigenvalue weighted by Gasteiger charge is -2.41. The van der Waals surface area contributed by atoms with Crippen molar-refractivity contribution in [3.8, 4) is 0 Å². The molecule has 1 aromatic heterocycles. The van der Waals surface area contributed by atoms with Gasteiger partial charge in [0.2, 0.25) is 0 Å². The molecule has 0 aromatic carbocycles. The lowest BCUT2D eigenvalue weighted by Crippen LogP contribution is -2.42. The van der Waals surface area contributed by atoms with E-state index in [-0.39, 0.29) is 0 Å². The summed E-state index contributed by atoms with van der Waals surface area (Å²) in [6.45, 7) is 7.88. The number of ether oxygens (including phenoxy) is 1. The van der Waals surface area contributed by atoms with Gasteiger partial charge in [-0.05, 0) is 46.1 Å². The molecular weight excluding hydrogens is 316 g/mol. The summed E-state index contributed by atoms with van der Waals surface area (Å²) in [5.41, 5.74) is 4.82. The Morgan fingerprint density at radius 1 is 1.35 bits per heavy atom. The van der Waals surface area contributed by atoms with Crippen molar-refractivity contribution in [3.63, 3.8) is 0 Å². The van der Waals surface area contributed by atoms with Crippen LogP contribution in [0.5, 0.6) is 0 Å². The topological polar surface area (TPSA) is 105 Å². The van der Waals surface area contributed by atoms with Gasteiger partial charge >= 0.3 is 0 Å². The molecule has 2 aliphatic rings. The summed E-state index contributed by atoms with van der Waals surface area (Å²) in [6, 6.07) is 0. The third kappa shape index (κ3) is 2.87. The Morgan fingerprint density at radius 2 is 1.96 bits per heavy atom. The number of nitrogens with one attached hydrogen (secondary N) is 1. The van der Waals surface area contributed by atoms with Crippen molar-refractivity contribution in [1.82, 2.24) is 0 Å². The van der Waals surface area contributed by atoms with Crippen molar-refractivity contribution in [3.05, 3.63) is 16.0 Å². The number of rotatable bonds is 4. The van der Waals surface area contributed by atoms with Gasteiger partial charge in [0, 0.05) is 11.3 Å². The van der Waals surface area contributed by atoms with Gasteiger partial charge < -0.3 is 26.0 Å². The standard InChI is InChI=1S/C16H24N2O4S/c1-14(2)7-8-9(11(17)19)12(18-13(20)16(21)5-6-16)23-10(8)15(3,4)22-14/h13,18,20-21H,5-7H2,1-4H3,(H2,17,19). The average Bonchev–Trinajstić information content (AvgIpc) is 3.00. The molecule has 1 aromatic rings. The maximum Gasteiger partial charge on any atom is 0.251 e. The largest absolute Gasteiger partial charge is 0.385 e. The number of fused-ring (bicyclic) bond motifs is 1. The highest BCUT2D eigenvalue weighted by molar-refractivity contribution is 7.17. The van der Waals surface area contributed by atoms with Crippen LogP contribution in [0, 0.1) is 0 Å². The summed E-state index contributed by atoms with van der Waals surface area (Å²) in [5, 5.41) is 23.6. The van der Waals surface area contributed by atoms with Gasteiger partial charge in [-0.25, -0.2) is 0 Å². The number of amides is 1. The first kappa shape index (κ1) is 16.7. The van der Waals surface area contributed by atoms with Gasteiger partial charge in [0.15, 0.2) is 6.23 Å². The van der Waals surface area contributed by atoms with E-state index in [4.69, 9.17) is 10.5 Å². The van der Waals surface area contributed by atoms with Crippen molar-refractivity contribution >= 4 is 22.2 Å². The molecule has 1 fully saturated rings. The zero-order valence-electron chi connectivity index (χ0n) is 13.9. The number of carbonyl (C=O) groups excluding carboxylic acids is 1. The summed E-state index contributed by atoms with van der Waals surface area (Å²) in [4.78, 5) is 13.0. The maximum absolute atomic E-state index is 12.0. The number of primary amides is 1. The Labute approximate surface area is 139 Å². The summed E-state index contributed by atoms with van der Waals surface area (Å²) >= 11 is 1.36. The van der Waals surface area contributed by atoms with Crippen molar-refractivity contribution in [1.29, 1.82) is 0 Å². The van der Waals surface area contributed by atoms with Crippen LogP contribution < -0.4 is 11.1 Å². The predicted octanol–water partition coefficient (Wildman–Crippen LogP) is 1.69. The summed E-state index contributed by atoms with van der Waals surface area (Å²) in [7, 11) is 0. The fourth-order valence-corrected chi connectivity index (χ4v) is 4.63. The Morgan fingerprint density at radius 3 is 2.48 bits per heavy atom. The fourth-order valence-electron chi connectivity index (χ4n) is 3.34. The van der Waals surface area contributed by atoms with Crippen LogP contribution in [0.1, 0.15) is 61.3 Å².